The van der Waals surface area contributed by atoms with E-state index in [0.717, 1.165) is 6.04 Å². The molecular formula is C8H11F2NO2Si. The van der Waals surface area contributed by atoms with Crippen LogP contribution in [0, 0.1) is 0 Å². The van der Waals surface area contributed by atoms with E-state index in [0.29, 0.717) is 15.7 Å². The van der Waals surface area contributed by atoms with E-state index < -0.39 is 6.61 Å². The number of amides is 1. The number of rotatable bonds is 4. The van der Waals surface area contributed by atoms with E-state index >= 15 is 0 Å². The number of halogens is 2. The van der Waals surface area contributed by atoms with Gasteiger partial charge in [-0.2, -0.15) is 8.78 Å². The summed E-state index contributed by atoms with van der Waals surface area (Å²) in [6.07, 6.45) is 1.83. The topological polar surface area (TPSA) is 29.5 Å². The van der Waals surface area contributed by atoms with Crippen molar-refractivity contribution in [3.63, 3.8) is 0 Å². The molecule has 3 nitrogen and oxygen atoms in total. The van der Waals surface area contributed by atoms with Crippen molar-refractivity contribution in [2.75, 3.05) is 12.8 Å². The van der Waals surface area contributed by atoms with Crippen molar-refractivity contribution in [1.82, 2.24) is 4.90 Å². The maximum Gasteiger partial charge on any atom is 0.345 e. The third-order valence-electron chi connectivity index (χ3n) is 1.98. The minimum absolute atomic E-state index is 0.0930. The normalized spacial score (nSPS) is 21.6. The quantitative estimate of drug-likeness (QED) is 0.514. The van der Waals surface area contributed by atoms with Crippen molar-refractivity contribution >= 4 is 15.4 Å². The lowest BCUT2D eigenvalue weighted by molar-refractivity contribution is -0.146. The molecule has 78 valence electrons. The van der Waals surface area contributed by atoms with Gasteiger partial charge >= 0.3 is 6.61 Å². The van der Waals surface area contributed by atoms with Crippen molar-refractivity contribution in [3.8, 4) is 0 Å². The van der Waals surface area contributed by atoms with Gasteiger partial charge in [0.1, 0.15) is 0 Å². The standard InChI is InChI=1S/C8H11F2NO2Si/c1-2-7(12)11-5-14-4-6(11)3-13-8(9)10/h2,6,8H,1,3-5H2/t6-/m0/s1. The lowest BCUT2D eigenvalue weighted by Crippen LogP contribution is -2.37. The smallest absolute Gasteiger partial charge is 0.338 e. The Balaban J connectivity index is 2.43. The summed E-state index contributed by atoms with van der Waals surface area (Å²) in [6, 6.07) is 0.527. The molecule has 1 atom stereocenters. The molecule has 0 unspecified atom stereocenters. The van der Waals surface area contributed by atoms with Crippen molar-refractivity contribution < 1.29 is 18.3 Å². The van der Waals surface area contributed by atoms with Crippen LogP contribution in [0.25, 0.3) is 0 Å². The number of alkyl halides is 2. The van der Waals surface area contributed by atoms with E-state index in [-0.39, 0.29) is 18.6 Å². The number of carbonyl (C=O) groups is 1. The molecule has 0 aromatic heterocycles. The van der Waals surface area contributed by atoms with Gasteiger partial charge in [0.25, 0.3) is 0 Å². The molecule has 0 bridgehead atoms. The monoisotopic (exact) mass is 219 g/mol. The summed E-state index contributed by atoms with van der Waals surface area (Å²) in [5, 5.41) is 0. The zero-order valence-corrected chi connectivity index (χ0v) is 8.58. The van der Waals surface area contributed by atoms with Crippen molar-refractivity contribution in [3.05, 3.63) is 12.7 Å². The SMILES string of the molecule is C=CC(=O)N1C[Si]C[C@@H]1COC(F)F. The van der Waals surface area contributed by atoms with Gasteiger partial charge in [0.05, 0.1) is 22.2 Å². The van der Waals surface area contributed by atoms with E-state index in [4.69, 9.17) is 0 Å². The van der Waals surface area contributed by atoms with Crippen molar-refractivity contribution in [2.45, 2.75) is 18.7 Å². The third kappa shape index (κ3) is 2.88. The summed E-state index contributed by atoms with van der Waals surface area (Å²) >= 11 is 0. The van der Waals surface area contributed by atoms with Gasteiger partial charge in [0.2, 0.25) is 5.91 Å². The second-order valence-corrected chi connectivity index (χ2v) is 4.10. The number of carbonyl (C=O) groups excluding carboxylic acids is 1. The van der Waals surface area contributed by atoms with Gasteiger partial charge in [0.15, 0.2) is 0 Å². The highest BCUT2D eigenvalue weighted by Gasteiger charge is 2.28. The van der Waals surface area contributed by atoms with Gasteiger partial charge in [-0.1, -0.05) is 6.58 Å². The van der Waals surface area contributed by atoms with E-state index in [1.807, 2.05) is 0 Å². The fraction of sp³-hybridized carbons (Fsp3) is 0.625. The van der Waals surface area contributed by atoms with Crippen LogP contribution in [0.1, 0.15) is 0 Å². The van der Waals surface area contributed by atoms with E-state index in [1.54, 1.807) is 0 Å². The molecule has 1 aliphatic heterocycles. The lowest BCUT2D eigenvalue weighted by Gasteiger charge is -2.23. The molecule has 0 spiro atoms. The Morgan fingerprint density at radius 1 is 1.79 bits per heavy atom. The van der Waals surface area contributed by atoms with Gasteiger partial charge in [-0.25, -0.2) is 0 Å². The second kappa shape index (κ2) is 5.21. The molecule has 0 N–H and O–H groups in total. The summed E-state index contributed by atoms with van der Waals surface area (Å²) in [5.74, 6) is -0.210. The van der Waals surface area contributed by atoms with Crippen LogP contribution in [0.5, 0.6) is 0 Å². The first-order valence-corrected chi connectivity index (χ1v) is 5.60. The Morgan fingerprint density at radius 2 is 2.50 bits per heavy atom. The maximum absolute atomic E-state index is 11.8. The highest BCUT2D eigenvalue weighted by molar-refractivity contribution is 6.37. The number of hydrogen-bond acceptors (Lipinski definition) is 2. The summed E-state index contributed by atoms with van der Waals surface area (Å²) < 4.78 is 27.7. The van der Waals surface area contributed by atoms with Crippen molar-refractivity contribution in [2.24, 2.45) is 0 Å². The van der Waals surface area contributed by atoms with Crippen LogP contribution in [-0.4, -0.2) is 45.8 Å². The number of nitrogens with zero attached hydrogens (tertiary/aromatic N) is 1. The highest BCUT2D eigenvalue weighted by atomic mass is 28.2. The Morgan fingerprint density at radius 3 is 3.07 bits per heavy atom. The molecule has 0 saturated carbocycles. The van der Waals surface area contributed by atoms with Gasteiger partial charge in [-0.3, -0.25) is 4.79 Å². The molecule has 1 heterocycles. The van der Waals surface area contributed by atoms with Crippen LogP contribution < -0.4 is 0 Å². The predicted molar refractivity (Wildman–Crippen MR) is 48.2 cm³/mol. The summed E-state index contributed by atoms with van der Waals surface area (Å²) in [4.78, 5) is 12.8. The first-order chi connectivity index (χ1) is 6.65. The molecule has 0 aromatic carbocycles. The van der Waals surface area contributed by atoms with Gasteiger partial charge < -0.3 is 9.64 Å². The summed E-state index contributed by atoms with van der Waals surface area (Å²) in [7, 11) is 0.601. The van der Waals surface area contributed by atoms with Crippen molar-refractivity contribution in [1.29, 1.82) is 0 Å². The first-order valence-electron chi connectivity index (χ1n) is 4.18. The molecule has 6 heteroatoms. The lowest BCUT2D eigenvalue weighted by atomic mass is 10.3. The Hall–Kier alpha value is -0.753. The van der Waals surface area contributed by atoms with Crippen LogP contribution in [0.15, 0.2) is 12.7 Å². The maximum atomic E-state index is 11.8. The molecule has 1 rings (SSSR count). The highest BCUT2D eigenvalue weighted by Crippen LogP contribution is 2.14. The zero-order chi connectivity index (χ0) is 10.6. The molecule has 0 aliphatic carbocycles. The second-order valence-electron chi connectivity index (χ2n) is 2.87. The largest absolute Gasteiger partial charge is 0.345 e. The molecule has 14 heavy (non-hydrogen) atoms. The van der Waals surface area contributed by atoms with Crippen LogP contribution in [0.3, 0.4) is 0 Å². The molecule has 2 radical (unpaired) electrons. The van der Waals surface area contributed by atoms with E-state index in [2.05, 4.69) is 11.3 Å². The van der Waals surface area contributed by atoms with Crippen LogP contribution >= 0.6 is 0 Å². The fourth-order valence-electron chi connectivity index (χ4n) is 1.30. The summed E-state index contributed by atoms with van der Waals surface area (Å²) in [6.45, 7) is 0.501. The minimum atomic E-state index is -2.76. The number of ether oxygens (including phenoxy) is 1. The van der Waals surface area contributed by atoms with Gasteiger partial charge in [0, 0.05) is 6.17 Å². The minimum Gasteiger partial charge on any atom is -0.338 e. The van der Waals surface area contributed by atoms with Crippen LogP contribution in [0.4, 0.5) is 8.78 Å². The van der Waals surface area contributed by atoms with E-state index in [9.17, 15) is 13.6 Å². The summed E-state index contributed by atoms with van der Waals surface area (Å²) in [5.41, 5.74) is 0. The predicted octanol–water partition coefficient (Wildman–Crippen LogP) is 0.702. The Bertz CT molecular complexity index is 225. The first kappa shape index (κ1) is 11.3. The zero-order valence-electron chi connectivity index (χ0n) is 7.58. The molecule has 0 aromatic rings. The molecule has 1 amide bonds. The van der Waals surface area contributed by atoms with Gasteiger partial charge in [-0.15, -0.1) is 0 Å². The third-order valence-corrected chi connectivity index (χ3v) is 3.30. The van der Waals surface area contributed by atoms with Gasteiger partial charge in [-0.05, 0) is 12.1 Å². The Labute approximate surface area is 83.5 Å². The average Bonchev–Trinajstić information content (AvgIpc) is 2.61. The fourth-order valence-corrected chi connectivity index (χ4v) is 2.75. The molecular weight excluding hydrogens is 208 g/mol. The van der Waals surface area contributed by atoms with Crippen LogP contribution in [-0.2, 0) is 9.53 Å². The Kier molecular flexibility index (Phi) is 4.21. The number of hydrogen-bond donors (Lipinski definition) is 0. The molecule has 1 aliphatic rings. The molecule has 1 fully saturated rings. The average molecular weight is 219 g/mol. The molecule has 1 saturated heterocycles. The van der Waals surface area contributed by atoms with E-state index in [1.165, 1.54) is 11.0 Å². The van der Waals surface area contributed by atoms with Crippen LogP contribution in [0.2, 0.25) is 6.04 Å².